The molecule has 1 heterocycles. The molecule has 1 aromatic carbocycles. The van der Waals surface area contributed by atoms with Crippen molar-refractivity contribution in [1.82, 2.24) is 14.8 Å². The van der Waals surface area contributed by atoms with Gasteiger partial charge in [0, 0.05) is 25.6 Å². The van der Waals surface area contributed by atoms with Gasteiger partial charge in [-0.25, -0.2) is 0 Å². The molecule has 0 spiro atoms. The average Bonchev–Trinajstić information content (AvgIpc) is 2.98. The molecule has 0 saturated heterocycles. The fourth-order valence-corrected chi connectivity index (χ4v) is 3.11. The predicted molar refractivity (Wildman–Crippen MR) is 103 cm³/mol. The van der Waals surface area contributed by atoms with Crippen LogP contribution in [-0.2, 0) is 23.1 Å². The van der Waals surface area contributed by atoms with Crippen LogP contribution in [0.1, 0.15) is 44.0 Å². The molecule has 0 bridgehead atoms. The van der Waals surface area contributed by atoms with Gasteiger partial charge in [0.1, 0.15) is 5.82 Å². The molecule has 7 nitrogen and oxygen atoms in total. The van der Waals surface area contributed by atoms with E-state index >= 15 is 0 Å². The number of aromatic nitrogens is 3. The minimum absolute atomic E-state index is 0.104. The van der Waals surface area contributed by atoms with Gasteiger partial charge in [0.05, 0.1) is 5.75 Å². The molecule has 2 rings (SSSR count). The second kappa shape index (κ2) is 9.38. The molecular formula is C18H25N5O2S. The Balaban J connectivity index is 1.86. The van der Waals surface area contributed by atoms with E-state index in [1.165, 1.54) is 17.3 Å². The number of primary amides is 1. The van der Waals surface area contributed by atoms with Gasteiger partial charge in [-0.15, -0.1) is 10.2 Å². The molecule has 1 aromatic heterocycles. The summed E-state index contributed by atoms with van der Waals surface area (Å²) in [5.74, 6) is 0.936. The van der Waals surface area contributed by atoms with Gasteiger partial charge in [-0.2, -0.15) is 0 Å². The van der Waals surface area contributed by atoms with E-state index in [4.69, 9.17) is 5.73 Å². The fourth-order valence-electron chi connectivity index (χ4n) is 2.38. The van der Waals surface area contributed by atoms with Gasteiger partial charge in [0.15, 0.2) is 5.16 Å². The van der Waals surface area contributed by atoms with Crippen LogP contribution in [0.15, 0.2) is 29.4 Å². The molecule has 26 heavy (non-hydrogen) atoms. The standard InChI is InChI=1S/C18H25N5O2S/c1-4-12(2)13-5-7-14(8-6-13)20-17(25)11-26-18-22-21-16(23(18)3)10-9-15(19)24/h5-8,12H,4,9-11H2,1-3H3,(H2,19,24)(H,20,25)/t12-/m1/s1. The van der Waals surface area contributed by atoms with Gasteiger partial charge < -0.3 is 15.6 Å². The van der Waals surface area contributed by atoms with Gasteiger partial charge in [-0.3, -0.25) is 9.59 Å². The monoisotopic (exact) mass is 375 g/mol. The third-order valence-corrected chi connectivity index (χ3v) is 5.25. The smallest absolute Gasteiger partial charge is 0.234 e. The van der Waals surface area contributed by atoms with Crippen molar-refractivity contribution in [2.24, 2.45) is 12.8 Å². The molecule has 0 aliphatic carbocycles. The largest absolute Gasteiger partial charge is 0.370 e. The minimum Gasteiger partial charge on any atom is -0.370 e. The number of anilines is 1. The molecule has 0 saturated carbocycles. The predicted octanol–water partition coefficient (Wildman–Crippen LogP) is 2.48. The van der Waals surface area contributed by atoms with E-state index in [2.05, 4.69) is 29.4 Å². The first kappa shape index (κ1) is 20.0. The summed E-state index contributed by atoms with van der Waals surface area (Å²) < 4.78 is 1.78. The second-order valence-corrected chi connectivity index (χ2v) is 7.13. The summed E-state index contributed by atoms with van der Waals surface area (Å²) in [6, 6.07) is 7.94. The van der Waals surface area contributed by atoms with Gasteiger partial charge in [-0.05, 0) is 30.0 Å². The molecule has 1 atom stereocenters. The topological polar surface area (TPSA) is 103 Å². The van der Waals surface area contributed by atoms with Crippen LogP contribution in [-0.4, -0.2) is 32.3 Å². The zero-order valence-corrected chi connectivity index (χ0v) is 16.2. The molecule has 0 aliphatic heterocycles. The van der Waals surface area contributed by atoms with Crippen LogP contribution in [0.4, 0.5) is 5.69 Å². The van der Waals surface area contributed by atoms with Gasteiger partial charge >= 0.3 is 0 Å². The van der Waals surface area contributed by atoms with E-state index in [-0.39, 0.29) is 24.0 Å². The van der Waals surface area contributed by atoms with E-state index in [0.717, 1.165) is 12.1 Å². The number of hydrogen-bond acceptors (Lipinski definition) is 5. The zero-order valence-electron chi connectivity index (χ0n) is 15.4. The number of nitrogens with one attached hydrogen (secondary N) is 1. The van der Waals surface area contributed by atoms with Crippen molar-refractivity contribution in [2.45, 2.75) is 44.2 Å². The lowest BCUT2D eigenvalue weighted by atomic mass is 9.99. The number of hydrogen-bond donors (Lipinski definition) is 2. The summed E-state index contributed by atoms with van der Waals surface area (Å²) in [4.78, 5) is 23.0. The van der Waals surface area contributed by atoms with E-state index in [0.29, 0.717) is 23.3 Å². The van der Waals surface area contributed by atoms with Crippen LogP contribution < -0.4 is 11.1 Å². The van der Waals surface area contributed by atoms with Gasteiger partial charge in [0.25, 0.3) is 0 Å². The molecule has 8 heteroatoms. The quantitative estimate of drug-likeness (QED) is 0.656. The van der Waals surface area contributed by atoms with Crippen molar-refractivity contribution >= 4 is 29.3 Å². The molecule has 3 N–H and O–H groups in total. The molecule has 0 unspecified atom stereocenters. The van der Waals surface area contributed by atoms with Crippen molar-refractivity contribution in [3.63, 3.8) is 0 Å². The second-order valence-electron chi connectivity index (χ2n) is 6.19. The molecular weight excluding hydrogens is 350 g/mol. The Labute approximate surface area is 157 Å². The maximum absolute atomic E-state index is 12.1. The lowest BCUT2D eigenvalue weighted by Gasteiger charge is -2.10. The number of carbonyl (C=O) groups excluding carboxylic acids is 2. The Kier molecular flexibility index (Phi) is 7.20. The Hall–Kier alpha value is -2.35. The first-order chi connectivity index (χ1) is 12.4. The lowest BCUT2D eigenvalue weighted by molar-refractivity contribution is -0.118. The Morgan fingerprint density at radius 3 is 2.58 bits per heavy atom. The number of nitrogens with zero attached hydrogens (tertiary/aromatic N) is 3. The van der Waals surface area contributed by atoms with Crippen LogP contribution in [0.25, 0.3) is 0 Å². The minimum atomic E-state index is -0.374. The Morgan fingerprint density at radius 1 is 1.27 bits per heavy atom. The van der Waals surface area contributed by atoms with E-state index in [1.807, 2.05) is 31.3 Å². The SMILES string of the molecule is CC[C@@H](C)c1ccc(NC(=O)CSc2nnc(CCC(N)=O)n2C)cc1. The van der Waals surface area contributed by atoms with Crippen molar-refractivity contribution in [3.05, 3.63) is 35.7 Å². The fraction of sp³-hybridized carbons (Fsp3) is 0.444. The van der Waals surface area contributed by atoms with E-state index < -0.39 is 0 Å². The van der Waals surface area contributed by atoms with Crippen LogP contribution in [0.2, 0.25) is 0 Å². The molecule has 140 valence electrons. The molecule has 2 amide bonds. The van der Waals surface area contributed by atoms with Crippen molar-refractivity contribution in [1.29, 1.82) is 0 Å². The van der Waals surface area contributed by atoms with Crippen molar-refractivity contribution in [3.8, 4) is 0 Å². The maximum atomic E-state index is 12.1. The van der Waals surface area contributed by atoms with E-state index in [1.54, 1.807) is 4.57 Å². The summed E-state index contributed by atoms with van der Waals surface area (Å²) in [6.07, 6.45) is 1.75. The summed E-state index contributed by atoms with van der Waals surface area (Å²) in [6.45, 7) is 4.34. The number of aryl methyl sites for hydroxylation is 1. The van der Waals surface area contributed by atoms with Crippen LogP contribution in [0.3, 0.4) is 0 Å². The Morgan fingerprint density at radius 2 is 1.96 bits per heavy atom. The maximum Gasteiger partial charge on any atom is 0.234 e. The highest BCUT2D eigenvalue weighted by molar-refractivity contribution is 7.99. The molecule has 2 aromatic rings. The first-order valence-corrected chi connectivity index (χ1v) is 9.58. The highest BCUT2D eigenvalue weighted by Crippen LogP contribution is 2.21. The van der Waals surface area contributed by atoms with E-state index in [9.17, 15) is 9.59 Å². The highest BCUT2D eigenvalue weighted by atomic mass is 32.2. The normalized spacial score (nSPS) is 12.0. The third-order valence-electron chi connectivity index (χ3n) is 4.23. The van der Waals surface area contributed by atoms with Crippen molar-refractivity contribution < 1.29 is 9.59 Å². The summed E-state index contributed by atoms with van der Waals surface area (Å²) in [5, 5.41) is 11.6. The summed E-state index contributed by atoms with van der Waals surface area (Å²) in [7, 11) is 1.81. The number of carbonyl (C=O) groups is 2. The Bertz CT molecular complexity index is 757. The molecule has 0 radical (unpaired) electrons. The average molecular weight is 375 g/mol. The number of benzene rings is 1. The summed E-state index contributed by atoms with van der Waals surface area (Å²) in [5.41, 5.74) is 7.19. The number of nitrogens with two attached hydrogens (primary N) is 1. The highest BCUT2D eigenvalue weighted by Gasteiger charge is 2.12. The van der Waals surface area contributed by atoms with Crippen molar-refractivity contribution in [2.75, 3.05) is 11.1 Å². The third kappa shape index (κ3) is 5.59. The molecule has 0 aliphatic rings. The first-order valence-electron chi connectivity index (χ1n) is 8.59. The van der Waals surface area contributed by atoms with Crippen LogP contribution >= 0.6 is 11.8 Å². The lowest BCUT2D eigenvalue weighted by Crippen LogP contribution is -2.15. The van der Waals surface area contributed by atoms with Crippen LogP contribution in [0.5, 0.6) is 0 Å². The summed E-state index contributed by atoms with van der Waals surface area (Å²) >= 11 is 1.30. The molecule has 0 fully saturated rings. The van der Waals surface area contributed by atoms with Crippen LogP contribution in [0, 0.1) is 0 Å². The number of thioether (sulfide) groups is 1. The van der Waals surface area contributed by atoms with Gasteiger partial charge in [0.2, 0.25) is 11.8 Å². The van der Waals surface area contributed by atoms with Gasteiger partial charge in [-0.1, -0.05) is 37.7 Å². The number of rotatable bonds is 9. The zero-order chi connectivity index (χ0) is 19.1. The number of amides is 2.